The van der Waals surface area contributed by atoms with Crippen molar-refractivity contribution in [3.63, 3.8) is 0 Å². The summed E-state index contributed by atoms with van der Waals surface area (Å²) in [7, 11) is 0. The van der Waals surface area contributed by atoms with Crippen molar-refractivity contribution >= 4 is 15.0 Å². The van der Waals surface area contributed by atoms with Crippen LogP contribution in [0.5, 0.6) is 0 Å². The van der Waals surface area contributed by atoms with E-state index in [0.717, 1.165) is 6.42 Å². The number of hydrogen-bond acceptors (Lipinski definition) is 0. The maximum absolute atomic E-state index is 3.34. The van der Waals surface area contributed by atoms with E-state index in [1.807, 2.05) is 6.08 Å². The van der Waals surface area contributed by atoms with E-state index >= 15 is 0 Å². The van der Waals surface area contributed by atoms with Gasteiger partial charge in [-0.15, -0.1) is 43.0 Å². The van der Waals surface area contributed by atoms with Gasteiger partial charge in [0.1, 0.15) is 0 Å². The second kappa shape index (κ2) is 12.7. The van der Waals surface area contributed by atoms with Gasteiger partial charge < -0.3 is 24.8 Å². The Bertz CT molecular complexity index is 479. The Hall–Kier alpha value is -0.357. The Morgan fingerprint density at radius 3 is 2.32 bits per heavy atom. The first-order chi connectivity index (χ1) is 8.36. The standard InChI is InChI=1S/C9H7.C6H7.CH2.2ClH.Zr/c1-2-5-9-7-3-6-8(9)4-1;1-6-4-2-3-5-6;;;;/h1-7H;4-5H,2H2,1H3;1H2;2*1H;/q2*-1;;;;+2/p-2. The summed E-state index contributed by atoms with van der Waals surface area (Å²) in [5.41, 5.74) is 1.34. The van der Waals surface area contributed by atoms with Gasteiger partial charge >= 0.3 is 28.4 Å². The quantitative estimate of drug-likeness (QED) is 0.482. The minimum atomic E-state index is 0. The fourth-order valence-electron chi connectivity index (χ4n) is 1.57. The van der Waals surface area contributed by atoms with Gasteiger partial charge in [-0.3, -0.25) is 6.08 Å². The van der Waals surface area contributed by atoms with Crippen molar-refractivity contribution in [3.05, 3.63) is 66.3 Å². The molecule has 0 aliphatic heterocycles. The van der Waals surface area contributed by atoms with Crippen LogP contribution in [0.4, 0.5) is 0 Å². The van der Waals surface area contributed by atoms with Gasteiger partial charge in [-0.1, -0.05) is 6.07 Å². The summed E-state index contributed by atoms with van der Waals surface area (Å²) in [5, 5.41) is 2.66. The third-order valence-electron chi connectivity index (χ3n) is 2.42. The maximum Gasteiger partial charge on any atom is -0.0809 e. The van der Waals surface area contributed by atoms with Crippen LogP contribution in [-0.2, 0) is 24.2 Å². The van der Waals surface area contributed by atoms with Crippen molar-refractivity contribution in [2.75, 3.05) is 0 Å². The van der Waals surface area contributed by atoms with Crippen LogP contribution in [0, 0.1) is 6.08 Å². The van der Waals surface area contributed by atoms with Crippen molar-refractivity contribution in [2.45, 2.75) is 13.3 Å². The Labute approximate surface area is 143 Å². The largest absolute Gasteiger partial charge is 1.00 e. The number of allylic oxidation sites excluding steroid dienone is 4. The van der Waals surface area contributed by atoms with Crippen LogP contribution in [0.2, 0.25) is 0 Å². The minimum Gasteiger partial charge on any atom is -1.00 e. The summed E-state index contributed by atoms with van der Waals surface area (Å²) in [6, 6.07) is 14.7. The average molecular weight is 370 g/mol. The zero-order chi connectivity index (χ0) is 12.5. The molecule has 0 spiro atoms. The number of hydrogen-bond donors (Lipinski definition) is 0. The molecule has 0 aromatic heterocycles. The first-order valence-electron chi connectivity index (χ1n) is 5.55. The topological polar surface area (TPSA) is 0 Å². The fraction of sp³-hybridized carbons (Fsp3) is 0.125. The number of benzene rings is 1. The van der Waals surface area contributed by atoms with Crippen molar-refractivity contribution < 1.29 is 49.0 Å². The molecular weight excluding hydrogens is 354 g/mol. The van der Waals surface area contributed by atoms with Crippen LogP contribution in [0.25, 0.3) is 10.8 Å². The van der Waals surface area contributed by atoms with E-state index in [9.17, 15) is 0 Å². The fourth-order valence-corrected chi connectivity index (χ4v) is 1.57. The van der Waals surface area contributed by atoms with Crippen molar-refractivity contribution in [1.29, 1.82) is 0 Å². The van der Waals surface area contributed by atoms with E-state index in [1.165, 1.54) is 40.6 Å². The summed E-state index contributed by atoms with van der Waals surface area (Å²) in [6.07, 6.45) is 8.24. The van der Waals surface area contributed by atoms with Gasteiger partial charge in [-0.2, -0.15) is 23.6 Å². The molecule has 0 N–H and O–H groups in total. The third kappa shape index (κ3) is 7.72. The van der Waals surface area contributed by atoms with Crippen LogP contribution >= 0.6 is 0 Å². The molecule has 0 bridgehead atoms. The van der Waals surface area contributed by atoms with E-state index in [0.29, 0.717) is 0 Å². The molecule has 2 aromatic rings. The van der Waals surface area contributed by atoms with Gasteiger partial charge in [0.2, 0.25) is 0 Å². The molecule has 3 heteroatoms. The summed E-state index contributed by atoms with van der Waals surface area (Å²) in [5.74, 6) is 0. The molecule has 0 radical (unpaired) electrons. The summed E-state index contributed by atoms with van der Waals surface area (Å²) >= 11 is 1.30. The van der Waals surface area contributed by atoms with E-state index in [2.05, 4.69) is 65.8 Å². The molecule has 100 valence electrons. The third-order valence-corrected chi connectivity index (χ3v) is 2.42. The van der Waals surface area contributed by atoms with Gasteiger partial charge in [0, 0.05) is 0 Å². The normalized spacial score (nSPS) is 11.0. The van der Waals surface area contributed by atoms with Crippen LogP contribution in [0.1, 0.15) is 13.3 Å². The van der Waals surface area contributed by atoms with Crippen molar-refractivity contribution in [3.8, 4) is 0 Å². The monoisotopic (exact) mass is 368 g/mol. The molecule has 1 aliphatic carbocycles. The Morgan fingerprint density at radius 1 is 1.16 bits per heavy atom. The summed E-state index contributed by atoms with van der Waals surface area (Å²) in [4.78, 5) is 0. The molecule has 19 heavy (non-hydrogen) atoms. The molecule has 3 rings (SSSR count). The van der Waals surface area contributed by atoms with Crippen LogP contribution in [0.3, 0.4) is 0 Å². The van der Waals surface area contributed by atoms with E-state index in [4.69, 9.17) is 0 Å². The summed E-state index contributed by atoms with van der Waals surface area (Å²) in [6.45, 7) is 2.08. The SMILES string of the molecule is CC1=CC[C-]=C1.[CH2]=[Zr+2].[Cl-].[Cl-].c1ccc2[cH-]ccc2c1. The van der Waals surface area contributed by atoms with Gasteiger partial charge in [-0.05, 0) is 0 Å². The first kappa shape index (κ1) is 21.0. The number of rotatable bonds is 0. The Morgan fingerprint density at radius 2 is 1.84 bits per heavy atom. The Kier molecular flexibility index (Phi) is 14.0. The molecule has 0 saturated heterocycles. The average Bonchev–Trinajstić information content (AvgIpc) is 3.02. The molecule has 0 unspecified atom stereocenters. The molecular formula is C16H16Cl2Zr-2. The molecule has 0 amide bonds. The zero-order valence-corrected chi connectivity index (χ0v) is 14.8. The second-order valence-corrected chi connectivity index (χ2v) is 3.66. The minimum absolute atomic E-state index is 0. The number of halogens is 2. The van der Waals surface area contributed by atoms with E-state index in [-0.39, 0.29) is 24.8 Å². The van der Waals surface area contributed by atoms with Gasteiger partial charge in [-0.25, -0.2) is 11.6 Å². The maximum atomic E-state index is 3.34. The Balaban J connectivity index is 0. The molecule has 0 fully saturated rings. The second-order valence-electron chi connectivity index (χ2n) is 3.66. The van der Waals surface area contributed by atoms with E-state index in [1.54, 1.807) is 0 Å². The van der Waals surface area contributed by atoms with Crippen LogP contribution in [-0.4, -0.2) is 4.21 Å². The van der Waals surface area contributed by atoms with Gasteiger partial charge in [0.25, 0.3) is 0 Å². The molecule has 0 saturated carbocycles. The van der Waals surface area contributed by atoms with Gasteiger partial charge in [0.15, 0.2) is 0 Å². The van der Waals surface area contributed by atoms with Crippen molar-refractivity contribution in [1.82, 2.24) is 0 Å². The smallest absolute Gasteiger partial charge is 0.0809 e. The molecule has 0 atom stereocenters. The predicted molar refractivity (Wildman–Crippen MR) is 72.8 cm³/mol. The van der Waals surface area contributed by atoms with E-state index < -0.39 is 0 Å². The molecule has 2 aromatic carbocycles. The van der Waals surface area contributed by atoms with Crippen LogP contribution < -0.4 is 24.8 Å². The summed E-state index contributed by atoms with van der Waals surface area (Å²) < 4.78 is 3.34. The number of fused-ring (bicyclic) bond motifs is 1. The first-order valence-corrected chi connectivity index (χ1v) is 7.29. The molecule has 0 nitrogen and oxygen atoms in total. The predicted octanol–water partition coefficient (Wildman–Crippen LogP) is -1.77. The van der Waals surface area contributed by atoms with Gasteiger partial charge in [0.05, 0.1) is 0 Å². The molecule has 1 aliphatic rings. The zero-order valence-electron chi connectivity index (χ0n) is 10.9. The van der Waals surface area contributed by atoms with Crippen molar-refractivity contribution in [2.24, 2.45) is 0 Å². The molecule has 0 heterocycles. The van der Waals surface area contributed by atoms with Crippen LogP contribution in [0.15, 0.2) is 60.2 Å².